The number of anilines is 1. The van der Waals surface area contributed by atoms with E-state index in [1.165, 1.54) is 36.1 Å². The zero-order valence-electron chi connectivity index (χ0n) is 9.83. The van der Waals surface area contributed by atoms with Crippen LogP contribution >= 0.6 is 11.6 Å². The molecule has 1 aromatic heterocycles. The SMILES string of the molecule is Cn1ncc(C#N)c1NS(=O)(=O)c1cccc(Cl)c1. The molecule has 1 N–H and O–H groups in total. The van der Waals surface area contributed by atoms with E-state index >= 15 is 0 Å². The second kappa shape index (κ2) is 4.91. The third kappa shape index (κ3) is 2.70. The third-order valence-electron chi connectivity index (χ3n) is 2.40. The van der Waals surface area contributed by atoms with Crippen LogP contribution in [0.4, 0.5) is 5.82 Å². The molecule has 8 heteroatoms. The quantitative estimate of drug-likeness (QED) is 0.934. The number of nitriles is 1. The second-order valence-electron chi connectivity index (χ2n) is 3.71. The maximum atomic E-state index is 12.2. The molecule has 0 saturated carbocycles. The maximum Gasteiger partial charge on any atom is 0.263 e. The van der Waals surface area contributed by atoms with Crippen LogP contribution in [0.15, 0.2) is 35.4 Å². The number of halogens is 1. The molecule has 98 valence electrons. The topological polar surface area (TPSA) is 87.8 Å². The van der Waals surface area contributed by atoms with Gasteiger partial charge >= 0.3 is 0 Å². The maximum absolute atomic E-state index is 12.2. The first kappa shape index (κ1) is 13.4. The van der Waals surface area contributed by atoms with Gasteiger partial charge in [-0.2, -0.15) is 10.4 Å². The van der Waals surface area contributed by atoms with E-state index in [4.69, 9.17) is 16.9 Å². The van der Waals surface area contributed by atoms with Crippen molar-refractivity contribution < 1.29 is 8.42 Å². The number of hydrogen-bond donors (Lipinski definition) is 1. The first-order valence-corrected chi connectivity index (χ1v) is 7.00. The van der Waals surface area contributed by atoms with Crippen LogP contribution in [0.5, 0.6) is 0 Å². The third-order valence-corrected chi connectivity index (χ3v) is 3.97. The van der Waals surface area contributed by atoms with E-state index in [1.54, 1.807) is 6.07 Å². The molecule has 1 aromatic carbocycles. The van der Waals surface area contributed by atoms with Crippen LogP contribution in [0.2, 0.25) is 5.02 Å². The van der Waals surface area contributed by atoms with Gasteiger partial charge in [0.1, 0.15) is 11.6 Å². The summed E-state index contributed by atoms with van der Waals surface area (Å²) in [6.07, 6.45) is 1.29. The summed E-state index contributed by atoms with van der Waals surface area (Å²) in [6.45, 7) is 0. The number of aromatic nitrogens is 2. The van der Waals surface area contributed by atoms with Crippen LogP contribution in [-0.2, 0) is 17.1 Å². The average Bonchev–Trinajstić information content (AvgIpc) is 2.70. The van der Waals surface area contributed by atoms with Crippen LogP contribution in [0.1, 0.15) is 5.56 Å². The molecule has 19 heavy (non-hydrogen) atoms. The molecule has 0 amide bonds. The van der Waals surface area contributed by atoms with Gasteiger partial charge in [0.25, 0.3) is 10.0 Å². The second-order valence-corrected chi connectivity index (χ2v) is 5.82. The molecule has 1 heterocycles. The zero-order chi connectivity index (χ0) is 14.0. The first-order chi connectivity index (χ1) is 8.94. The summed E-state index contributed by atoms with van der Waals surface area (Å²) in [5.41, 5.74) is 0.146. The van der Waals surface area contributed by atoms with Crippen LogP contribution in [0.25, 0.3) is 0 Å². The molecular formula is C11H9ClN4O2S. The van der Waals surface area contributed by atoms with E-state index in [2.05, 4.69) is 9.82 Å². The van der Waals surface area contributed by atoms with Gasteiger partial charge in [-0.05, 0) is 18.2 Å². The van der Waals surface area contributed by atoms with Gasteiger partial charge in [0, 0.05) is 12.1 Å². The molecule has 0 aliphatic rings. The Hall–Kier alpha value is -2.04. The average molecular weight is 297 g/mol. The molecule has 0 unspecified atom stereocenters. The Kier molecular flexibility index (Phi) is 3.46. The van der Waals surface area contributed by atoms with E-state index in [-0.39, 0.29) is 16.3 Å². The molecule has 0 radical (unpaired) electrons. The van der Waals surface area contributed by atoms with E-state index in [0.29, 0.717) is 5.02 Å². The fourth-order valence-electron chi connectivity index (χ4n) is 1.46. The van der Waals surface area contributed by atoms with Crippen LogP contribution < -0.4 is 4.72 Å². The molecule has 0 saturated heterocycles. The highest BCUT2D eigenvalue weighted by Crippen LogP contribution is 2.20. The highest BCUT2D eigenvalue weighted by molar-refractivity contribution is 7.92. The fraction of sp³-hybridized carbons (Fsp3) is 0.0909. The van der Waals surface area contributed by atoms with Crippen molar-refractivity contribution in [2.75, 3.05) is 4.72 Å². The minimum Gasteiger partial charge on any atom is -0.262 e. The minimum atomic E-state index is -3.81. The summed E-state index contributed by atoms with van der Waals surface area (Å²) in [6, 6.07) is 7.71. The molecule has 6 nitrogen and oxygen atoms in total. The van der Waals surface area contributed by atoms with Crippen molar-refractivity contribution in [3.8, 4) is 6.07 Å². The Morgan fingerprint density at radius 2 is 2.21 bits per heavy atom. The van der Waals surface area contributed by atoms with Crippen molar-refractivity contribution in [1.82, 2.24) is 9.78 Å². The lowest BCUT2D eigenvalue weighted by Crippen LogP contribution is -2.16. The number of sulfonamides is 1. The summed E-state index contributed by atoms with van der Waals surface area (Å²) in [7, 11) is -2.27. The smallest absolute Gasteiger partial charge is 0.262 e. The highest BCUT2D eigenvalue weighted by Gasteiger charge is 2.19. The number of rotatable bonds is 3. The van der Waals surface area contributed by atoms with Crippen molar-refractivity contribution in [2.24, 2.45) is 7.05 Å². The van der Waals surface area contributed by atoms with Gasteiger partial charge in [-0.1, -0.05) is 17.7 Å². The molecule has 0 bridgehead atoms. The van der Waals surface area contributed by atoms with Gasteiger partial charge in [0.05, 0.1) is 11.1 Å². The molecule has 0 aliphatic heterocycles. The summed E-state index contributed by atoms with van der Waals surface area (Å²) in [5.74, 6) is 0.113. The number of benzene rings is 1. The predicted octanol–water partition coefficient (Wildman–Crippen LogP) is 1.75. The van der Waals surface area contributed by atoms with E-state index in [1.807, 2.05) is 6.07 Å². The molecule has 0 spiro atoms. The monoisotopic (exact) mass is 296 g/mol. The van der Waals surface area contributed by atoms with E-state index in [0.717, 1.165) is 0 Å². The molecule has 0 fully saturated rings. The van der Waals surface area contributed by atoms with Crippen molar-refractivity contribution in [3.05, 3.63) is 41.0 Å². The van der Waals surface area contributed by atoms with Crippen LogP contribution in [-0.4, -0.2) is 18.2 Å². The molecule has 0 atom stereocenters. The molecule has 2 rings (SSSR count). The Balaban J connectivity index is 2.43. The Labute approximate surface area is 115 Å². The van der Waals surface area contributed by atoms with Crippen molar-refractivity contribution in [3.63, 3.8) is 0 Å². The summed E-state index contributed by atoms with van der Waals surface area (Å²) in [4.78, 5) is 0.0186. The minimum absolute atomic E-state index is 0.0186. The van der Waals surface area contributed by atoms with Gasteiger partial charge in [-0.25, -0.2) is 8.42 Å². The number of hydrogen-bond acceptors (Lipinski definition) is 4. The van der Waals surface area contributed by atoms with Crippen LogP contribution in [0, 0.1) is 11.3 Å². The van der Waals surface area contributed by atoms with Crippen molar-refractivity contribution in [2.45, 2.75) is 4.90 Å². The van der Waals surface area contributed by atoms with Gasteiger partial charge in [0.2, 0.25) is 0 Å². The normalized spacial score (nSPS) is 11.0. The lowest BCUT2D eigenvalue weighted by molar-refractivity contribution is 0.600. The Morgan fingerprint density at radius 3 is 2.84 bits per heavy atom. The predicted molar refractivity (Wildman–Crippen MR) is 70.2 cm³/mol. The van der Waals surface area contributed by atoms with Gasteiger partial charge in [0.15, 0.2) is 5.82 Å². The lowest BCUT2D eigenvalue weighted by atomic mass is 10.4. The molecule has 0 aliphatic carbocycles. The molecular weight excluding hydrogens is 288 g/mol. The fourth-order valence-corrected chi connectivity index (χ4v) is 2.87. The van der Waals surface area contributed by atoms with Crippen molar-refractivity contribution in [1.29, 1.82) is 5.26 Å². The number of nitrogens with one attached hydrogen (secondary N) is 1. The number of aryl methyl sites for hydroxylation is 1. The summed E-state index contributed by atoms with van der Waals surface area (Å²) < 4.78 is 27.9. The summed E-state index contributed by atoms with van der Waals surface area (Å²) >= 11 is 5.76. The standard InChI is InChI=1S/C11H9ClN4O2S/c1-16-11(8(6-13)7-14-16)15-19(17,18)10-4-2-3-9(12)5-10/h2-5,7,15H,1H3. The van der Waals surface area contributed by atoms with Crippen LogP contribution in [0.3, 0.4) is 0 Å². The van der Waals surface area contributed by atoms with Gasteiger partial charge in [-0.15, -0.1) is 0 Å². The number of nitrogens with zero attached hydrogens (tertiary/aromatic N) is 3. The highest BCUT2D eigenvalue weighted by atomic mass is 35.5. The van der Waals surface area contributed by atoms with E-state index < -0.39 is 10.0 Å². The zero-order valence-corrected chi connectivity index (χ0v) is 11.4. The van der Waals surface area contributed by atoms with Crippen molar-refractivity contribution >= 4 is 27.4 Å². The summed E-state index contributed by atoms with van der Waals surface area (Å²) in [5, 5.41) is 13.0. The molecule has 2 aromatic rings. The Bertz CT molecular complexity index is 761. The van der Waals surface area contributed by atoms with E-state index in [9.17, 15) is 8.42 Å². The largest absolute Gasteiger partial charge is 0.263 e. The first-order valence-electron chi connectivity index (χ1n) is 5.14. The Morgan fingerprint density at radius 1 is 1.47 bits per heavy atom. The van der Waals surface area contributed by atoms with Gasteiger partial charge in [-0.3, -0.25) is 9.40 Å². The van der Waals surface area contributed by atoms with Gasteiger partial charge < -0.3 is 0 Å². The lowest BCUT2D eigenvalue weighted by Gasteiger charge is -2.08.